The highest BCUT2D eigenvalue weighted by molar-refractivity contribution is 5.91. The third kappa shape index (κ3) is 2.65. The van der Waals surface area contributed by atoms with Crippen LogP contribution in [-0.2, 0) is 9.59 Å². The first-order valence-corrected chi connectivity index (χ1v) is 7.36. The molecule has 1 amide bonds. The molecule has 0 bridgehead atoms. The largest absolute Gasteiger partial charge is 0.479 e. The Morgan fingerprint density at radius 3 is 2.57 bits per heavy atom. The molecule has 5 heteroatoms. The van der Waals surface area contributed by atoms with Gasteiger partial charge in [0.2, 0.25) is 5.91 Å². The van der Waals surface area contributed by atoms with Crippen LogP contribution in [0.2, 0.25) is 0 Å². The van der Waals surface area contributed by atoms with Crippen LogP contribution < -0.4 is 5.73 Å². The quantitative estimate of drug-likeness (QED) is 0.862. The lowest BCUT2D eigenvalue weighted by Crippen LogP contribution is -2.54. The summed E-state index contributed by atoms with van der Waals surface area (Å²) in [6, 6.07) is 9.32. The molecule has 1 aromatic rings. The maximum Gasteiger partial charge on any atom is 0.329 e. The zero-order chi connectivity index (χ0) is 15.5. The Kier molecular flexibility index (Phi) is 4.63. The van der Waals surface area contributed by atoms with E-state index in [4.69, 9.17) is 5.73 Å². The molecule has 2 atom stereocenters. The Bertz CT molecular complexity index is 518. The summed E-state index contributed by atoms with van der Waals surface area (Å²) >= 11 is 0. The molecule has 1 aromatic carbocycles. The number of amides is 1. The van der Waals surface area contributed by atoms with Crippen LogP contribution in [0.15, 0.2) is 30.3 Å². The van der Waals surface area contributed by atoms with Crippen LogP contribution in [0.1, 0.15) is 37.7 Å². The van der Waals surface area contributed by atoms with Gasteiger partial charge >= 0.3 is 5.97 Å². The topological polar surface area (TPSA) is 83.6 Å². The number of aliphatic carboxylic acids is 1. The van der Waals surface area contributed by atoms with Crippen LogP contribution >= 0.6 is 0 Å². The van der Waals surface area contributed by atoms with Gasteiger partial charge in [0, 0.05) is 13.1 Å². The molecule has 1 aliphatic heterocycles. The number of carbonyl (C=O) groups excluding carboxylic acids is 1. The number of nitrogens with zero attached hydrogens (tertiary/aromatic N) is 1. The summed E-state index contributed by atoms with van der Waals surface area (Å²) in [5.41, 5.74) is 5.55. The molecule has 2 unspecified atom stereocenters. The van der Waals surface area contributed by atoms with Gasteiger partial charge in [-0.2, -0.15) is 0 Å². The first-order valence-electron chi connectivity index (χ1n) is 7.36. The Balaban J connectivity index is 2.31. The van der Waals surface area contributed by atoms with Gasteiger partial charge < -0.3 is 15.7 Å². The maximum absolute atomic E-state index is 12.8. The SMILES string of the molecule is CCC1(C(=O)O)CCCN1C(=O)C(CN)c1ccccc1. The van der Waals surface area contributed by atoms with E-state index in [0.29, 0.717) is 19.4 Å². The smallest absolute Gasteiger partial charge is 0.329 e. The van der Waals surface area contributed by atoms with Crippen molar-refractivity contribution in [3.05, 3.63) is 35.9 Å². The van der Waals surface area contributed by atoms with E-state index in [9.17, 15) is 14.7 Å². The average molecular weight is 290 g/mol. The molecule has 5 nitrogen and oxygen atoms in total. The van der Waals surface area contributed by atoms with Crippen LogP contribution in [-0.4, -0.2) is 40.5 Å². The fourth-order valence-corrected chi connectivity index (χ4v) is 3.19. The van der Waals surface area contributed by atoms with Crippen LogP contribution in [0.25, 0.3) is 0 Å². The molecule has 2 rings (SSSR count). The fraction of sp³-hybridized carbons (Fsp3) is 0.500. The summed E-state index contributed by atoms with van der Waals surface area (Å²) in [4.78, 5) is 26.1. The number of carboxylic acids is 1. The number of rotatable bonds is 5. The molecule has 1 heterocycles. The van der Waals surface area contributed by atoms with Gasteiger partial charge in [-0.1, -0.05) is 37.3 Å². The molecule has 3 N–H and O–H groups in total. The van der Waals surface area contributed by atoms with Crippen molar-refractivity contribution in [3.63, 3.8) is 0 Å². The molecule has 1 saturated heterocycles. The highest BCUT2D eigenvalue weighted by atomic mass is 16.4. The molecule has 0 spiro atoms. The normalized spacial score (nSPS) is 23.0. The Morgan fingerprint density at radius 1 is 1.38 bits per heavy atom. The standard InChI is InChI=1S/C16H22N2O3/c1-2-16(15(20)21)9-6-10-18(16)14(19)13(11-17)12-7-4-3-5-8-12/h3-5,7-8,13H,2,6,9-11,17H2,1H3,(H,20,21). The molecule has 0 aliphatic carbocycles. The highest BCUT2D eigenvalue weighted by Crippen LogP contribution is 2.35. The molecular weight excluding hydrogens is 268 g/mol. The molecular formula is C16H22N2O3. The van der Waals surface area contributed by atoms with E-state index in [1.807, 2.05) is 37.3 Å². The Labute approximate surface area is 124 Å². The van der Waals surface area contributed by atoms with Gasteiger partial charge in [-0.05, 0) is 24.8 Å². The van der Waals surface area contributed by atoms with Crippen molar-refractivity contribution < 1.29 is 14.7 Å². The number of carbonyl (C=O) groups is 2. The molecule has 0 saturated carbocycles. The van der Waals surface area contributed by atoms with E-state index in [-0.39, 0.29) is 12.5 Å². The summed E-state index contributed by atoms with van der Waals surface area (Å²) in [6.45, 7) is 2.49. The second-order valence-corrected chi connectivity index (χ2v) is 5.48. The first-order chi connectivity index (χ1) is 10.1. The van der Waals surface area contributed by atoms with Gasteiger partial charge in [0.15, 0.2) is 0 Å². The lowest BCUT2D eigenvalue weighted by Gasteiger charge is -2.36. The minimum atomic E-state index is -1.07. The zero-order valence-electron chi connectivity index (χ0n) is 12.3. The minimum absolute atomic E-state index is 0.176. The second kappa shape index (κ2) is 6.26. The number of likely N-dealkylation sites (tertiary alicyclic amines) is 1. The molecule has 0 aromatic heterocycles. The summed E-state index contributed by atoms with van der Waals surface area (Å²) in [6.07, 6.45) is 1.65. The zero-order valence-corrected chi connectivity index (χ0v) is 12.3. The second-order valence-electron chi connectivity index (χ2n) is 5.48. The summed E-state index contributed by atoms with van der Waals surface area (Å²) in [7, 11) is 0. The average Bonchev–Trinajstić information content (AvgIpc) is 2.94. The lowest BCUT2D eigenvalue weighted by molar-refractivity contribution is -0.157. The van der Waals surface area contributed by atoms with Gasteiger partial charge in [-0.25, -0.2) is 4.79 Å². The monoisotopic (exact) mass is 290 g/mol. The van der Waals surface area contributed by atoms with E-state index < -0.39 is 17.4 Å². The van der Waals surface area contributed by atoms with Crippen LogP contribution in [0.4, 0.5) is 0 Å². The molecule has 114 valence electrons. The minimum Gasteiger partial charge on any atom is -0.479 e. The number of nitrogens with two attached hydrogens (primary N) is 1. The third-order valence-corrected chi connectivity index (χ3v) is 4.47. The molecule has 21 heavy (non-hydrogen) atoms. The lowest BCUT2D eigenvalue weighted by atomic mass is 9.90. The highest BCUT2D eigenvalue weighted by Gasteiger charge is 2.49. The Hall–Kier alpha value is -1.88. The van der Waals surface area contributed by atoms with E-state index in [1.165, 1.54) is 4.90 Å². The van der Waals surface area contributed by atoms with Crippen molar-refractivity contribution in [1.82, 2.24) is 4.90 Å². The summed E-state index contributed by atoms with van der Waals surface area (Å²) < 4.78 is 0. The van der Waals surface area contributed by atoms with Crippen molar-refractivity contribution in [3.8, 4) is 0 Å². The Morgan fingerprint density at radius 2 is 2.05 bits per heavy atom. The van der Waals surface area contributed by atoms with Crippen molar-refractivity contribution in [1.29, 1.82) is 0 Å². The number of carboxylic acid groups (broad SMARTS) is 1. The van der Waals surface area contributed by atoms with Gasteiger partial charge in [-0.3, -0.25) is 4.79 Å². The summed E-state index contributed by atoms with van der Waals surface area (Å²) in [5.74, 6) is -1.57. The molecule has 1 fully saturated rings. The predicted octanol–water partition coefficient (Wildman–Crippen LogP) is 1.58. The van der Waals surface area contributed by atoms with E-state index in [2.05, 4.69) is 0 Å². The third-order valence-electron chi connectivity index (χ3n) is 4.47. The van der Waals surface area contributed by atoms with Gasteiger partial charge in [0.05, 0.1) is 5.92 Å². The van der Waals surface area contributed by atoms with Crippen LogP contribution in [0, 0.1) is 0 Å². The van der Waals surface area contributed by atoms with E-state index in [1.54, 1.807) is 0 Å². The van der Waals surface area contributed by atoms with Crippen molar-refractivity contribution in [2.75, 3.05) is 13.1 Å². The van der Waals surface area contributed by atoms with Crippen molar-refractivity contribution in [2.24, 2.45) is 5.73 Å². The van der Waals surface area contributed by atoms with E-state index >= 15 is 0 Å². The van der Waals surface area contributed by atoms with Crippen LogP contribution in [0.3, 0.4) is 0 Å². The number of benzene rings is 1. The fourth-order valence-electron chi connectivity index (χ4n) is 3.19. The van der Waals surface area contributed by atoms with Crippen molar-refractivity contribution >= 4 is 11.9 Å². The summed E-state index contributed by atoms with van der Waals surface area (Å²) in [5, 5.41) is 9.58. The van der Waals surface area contributed by atoms with E-state index in [0.717, 1.165) is 12.0 Å². The number of hydrogen-bond donors (Lipinski definition) is 2. The van der Waals surface area contributed by atoms with Crippen LogP contribution in [0.5, 0.6) is 0 Å². The van der Waals surface area contributed by atoms with Gasteiger partial charge in [-0.15, -0.1) is 0 Å². The molecule has 0 radical (unpaired) electrons. The van der Waals surface area contributed by atoms with Gasteiger partial charge in [0.1, 0.15) is 5.54 Å². The van der Waals surface area contributed by atoms with Gasteiger partial charge in [0.25, 0.3) is 0 Å². The number of hydrogen-bond acceptors (Lipinski definition) is 3. The first kappa shape index (κ1) is 15.5. The molecule has 1 aliphatic rings. The van der Waals surface area contributed by atoms with Crippen molar-refractivity contribution in [2.45, 2.75) is 37.6 Å². The maximum atomic E-state index is 12.8. The predicted molar refractivity (Wildman–Crippen MR) is 79.8 cm³/mol.